The first-order chi connectivity index (χ1) is 8.88. The van der Waals surface area contributed by atoms with Crippen molar-refractivity contribution in [3.05, 3.63) is 59.7 Å². The lowest BCUT2D eigenvalue weighted by Gasteiger charge is -2.09. The van der Waals surface area contributed by atoms with Gasteiger partial charge in [0.15, 0.2) is 5.78 Å². The monoisotopic (exact) mass is 263 g/mol. The van der Waals surface area contributed by atoms with E-state index in [1.165, 1.54) is 25.1 Å². The SMILES string of the molecule is CC(=O)c1cc[c]c(-c2cccc(C(F)(F)F)c2)c1. The van der Waals surface area contributed by atoms with Gasteiger partial charge in [-0.1, -0.05) is 24.3 Å². The van der Waals surface area contributed by atoms with Gasteiger partial charge >= 0.3 is 6.18 Å². The first-order valence-electron chi connectivity index (χ1n) is 5.58. The number of hydrogen-bond donors (Lipinski definition) is 0. The Balaban J connectivity index is 2.48. The van der Waals surface area contributed by atoms with Gasteiger partial charge < -0.3 is 0 Å². The van der Waals surface area contributed by atoms with Gasteiger partial charge in [0.1, 0.15) is 0 Å². The molecular formula is C15H10F3O. The Morgan fingerprint density at radius 1 is 1.16 bits per heavy atom. The molecule has 0 N–H and O–H groups in total. The van der Waals surface area contributed by atoms with Crippen LogP contribution in [0.3, 0.4) is 0 Å². The molecule has 19 heavy (non-hydrogen) atoms. The molecule has 0 amide bonds. The fraction of sp³-hybridized carbons (Fsp3) is 0.133. The fourth-order valence-electron chi connectivity index (χ4n) is 1.72. The van der Waals surface area contributed by atoms with E-state index >= 15 is 0 Å². The van der Waals surface area contributed by atoms with Crippen molar-refractivity contribution < 1.29 is 18.0 Å². The quantitative estimate of drug-likeness (QED) is 0.735. The highest BCUT2D eigenvalue weighted by Crippen LogP contribution is 2.32. The number of carbonyl (C=O) groups is 1. The van der Waals surface area contributed by atoms with E-state index in [9.17, 15) is 18.0 Å². The van der Waals surface area contributed by atoms with Gasteiger partial charge in [0.2, 0.25) is 0 Å². The van der Waals surface area contributed by atoms with Crippen molar-refractivity contribution in [3.63, 3.8) is 0 Å². The number of alkyl halides is 3. The zero-order valence-corrected chi connectivity index (χ0v) is 10.1. The van der Waals surface area contributed by atoms with Crippen LogP contribution in [0.5, 0.6) is 0 Å². The van der Waals surface area contributed by atoms with Crippen molar-refractivity contribution in [1.82, 2.24) is 0 Å². The van der Waals surface area contributed by atoms with Gasteiger partial charge in [0.05, 0.1) is 5.56 Å². The van der Waals surface area contributed by atoms with Gasteiger partial charge in [0, 0.05) is 5.56 Å². The highest BCUT2D eigenvalue weighted by Gasteiger charge is 2.30. The zero-order valence-electron chi connectivity index (χ0n) is 10.1. The Labute approximate surface area is 108 Å². The van der Waals surface area contributed by atoms with Gasteiger partial charge in [-0.15, -0.1) is 0 Å². The first kappa shape index (κ1) is 13.3. The number of Topliss-reactive ketones (excluding diaryl/α,β-unsaturated/α-hetero) is 1. The molecule has 1 radical (unpaired) electrons. The highest BCUT2D eigenvalue weighted by atomic mass is 19.4. The largest absolute Gasteiger partial charge is 0.416 e. The van der Waals surface area contributed by atoms with E-state index in [0.29, 0.717) is 16.7 Å². The third-order valence-corrected chi connectivity index (χ3v) is 2.71. The van der Waals surface area contributed by atoms with Gasteiger partial charge in [-0.3, -0.25) is 4.79 Å². The van der Waals surface area contributed by atoms with Crippen molar-refractivity contribution in [1.29, 1.82) is 0 Å². The maximum atomic E-state index is 12.6. The number of carbonyl (C=O) groups excluding carboxylic acids is 1. The molecule has 0 aliphatic rings. The molecule has 0 spiro atoms. The summed E-state index contributed by atoms with van der Waals surface area (Å²) in [6.45, 7) is 1.41. The van der Waals surface area contributed by atoms with Gasteiger partial charge in [-0.2, -0.15) is 13.2 Å². The third-order valence-electron chi connectivity index (χ3n) is 2.71. The minimum Gasteiger partial charge on any atom is -0.295 e. The standard InChI is InChI=1S/C15H10F3O/c1-10(19)11-4-2-5-12(8-11)13-6-3-7-14(9-13)15(16,17)18/h2-4,6-9H,1H3. The van der Waals surface area contributed by atoms with E-state index in [-0.39, 0.29) is 5.78 Å². The molecule has 0 heterocycles. The summed E-state index contributed by atoms with van der Waals surface area (Å²) in [5.41, 5.74) is 0.592. The zero-order chi connectivity index (χ0) is 14.0. The van der Waals surface area contributed by atoms with E-state index in [4.69, 9.17) is 0 Å². The predicted molar refractivity (Wildman–Crippen MR) is 65.7 cm³/mol. The van der Waals surface area contributed by atoms with Crippen LogP contribution in [0.2, 0.25) is 0 Å². The smallest absolute Gasteiger partial charge is 0.295 e. The predicted octanol–water partition coefficient (Wildman–Crippen LogP) is 4.38. The molecule has 0 saturated heterocycles. The Hall–Kier alpha value is -2.10. The molecule has 97 valence electrons. The second-order valence-corrected chi connectivity index (χ2v) is 4.13. The second-order valence-electron chi connectivity index (χ2n) is 4.13. The summed E-state index contributed by atoms with van der Waals surface area (Å²) < 4.78 is 37.9. The van der Waals surface area contributed by atoms with Crippen LogP contribution in [-0.2, 0) is 6.18 Å². The van der Waals surface area contributed by atoms with Crippen LogP contribution in [0.4, 0.5) is 13.2 Å². The molecular weight excluding hydrogens is 253 g/mol. The lowest BCUT2D eigenvalue weighted by molar-refractivity contribution is -0.137. The van der Waals surface area contributed by atoms with Crippen molar-refractivity contribution in [2.24, 2.45) is 0 Å². The minimum absolute atomic E-state index is 0.137. The Kier molecular flexibility index (Phi) is 3.42. The van der Waals surface area contributed by atoms with Crippen molar-refractivity contribution in [2.45, 2.75) is 13.1 Å². The minimum atomic E-state index is -4.38. The molecule has 0 atom stereocenters. The van der Waals surface area contributed by atoms with Crippen LogP contribution in [-0.4, -0.2) is 5.78 Å². The summed E-state index contributed by atoms with van der Waals surface area (Å²) in [6, 6.07) is 12.5. The van der Waals surface area contributed by atoms with Crippen LogP contribution >= 0.6 is 0 Å². The van der Waals surface area contributed by atoms with E-state index in [1.54, 1.807) is 12.1 Å². The summed E-state index contributed by atoms with van der Waals surface area (Å²) >= 11 is 0. The number of halogens is 3. The van der Waals surface area contributed by atoms with Crippen LogP contribution in [0, 0.1) is 6.07 Å². The maximum Gasteiger partial charge on any atom is 0.416 e. The van der Waals surface area contributed by atoms with Crippen molar-refractivity contribution >= 4 is 5.78 Å². The molecule has 2 rings (SSSR count). The molecule has 0 fully saturated rings. The average molecular weight is 263 g/mol. The van der Waals surface area contributed by atoms with Gasteiger partial charge in [-0.05, 0) is 42.3 Å². The first-order valence-corrected chi connectivity index (χ1v) is 5.58. The number of ketones is 1. The average Bonchev–Trinajstić information content (AvgIpc) is 2.38. The maximum absolute atomic E-state index is 12.6. The summed E-state index contributed by atoms with van der Waals surface area (Å²) in [7, 11) is 0. The molecule has 0 unspecified atom stereocenters. The Morgan fingerprint density at radius 2 is 1.89 bits per heavy atom. The summed E-state index contributed by atoms with van der Waals surface area (Å²) in [5.74, 6) is -0.137. The summed E-state index contributed by atoms with van der Waals surface area (Å²) in [4.78, 5) is 11.3. The Morgan fingerprint density at radius 3 is 2.53 bits per heavy atom. The highest BCUT2D eigenvalue weighted by molar-refractivity contribution is 5.95. The lowest BCUT2D eigenvalue weighted by atomic mass is 10.00. The fourth-order valence-corrected chi connectivity index (χ4v) is 1.72. The Bertz CT molecular complexity index is 615. The van der Waals surface area contributed by atoms with Gasteiger partial charge in [-0.25, -0.2) is 0 Å². The van der Waals surface area contributed by atoms with E-state index < -0.39 is 11.7 Å². The molecule has 2 aromatic rings. The molecule has 2 aromatic carbocycles. The van der Waals surface area contributed by atoms with Crippen molar-refractivity contribution in [3.8, 4) is 11.1 Å². The molecule has 1 nitrogen and oxygen atoms in total. The summed E-state index contributed by atoms with van der Waals surface area (Å²) in [6.07, 6.45) is -4.38. The van der Waals surface area contributed by atoms with E-state index in [0.717, 1.165) is 12.1 Å². The van der Waals surface area contributed by atoms with Gasteiger partial charge in [0.25, 0.3) is 0 Å². The summed E-state index contributed by atoms with van der Waals surface area (Å²) in [5, 5.41) is 0. The molecule has 4 heteroatoms. The van der Waals surface area contributed by atoms with Crippen LogP contribution in [0.1, 0.15) is 22.8 Å². The molecule has 0 aromatic heterocycles. The number of benzene rings is 2. The van der Waals surface area contributed by atoms with E-state index in [2.05, 4.69) is 6.07 Å². The number of rotatable bonds is 2. The molecule has 0 aliphatic carbocycles. The van der Waals surface area contributed by atoms with Crippen LogP contribution < -0.4 is 0 Å². The van der Waals surface area contributed by atoms with Crippen molar-refractivity contribution in [2.75, 3.05) is 0 Å². The van der Waals surface area contributed by atoms with E-state index in [1.807, 2.05) is 0 Å². The van der Waals surface area contributed by atoms with Crippen LogP contribution in [0.15, 0.2) is 42.5 Å². The normalized spacial score (nSPS) is 11.4. The number of hydrogen-bond acceptors (Lipinski definition) is 1. The topological polar surface area (TPSA) is 17.1 Å². The molecule has 0 saturated carbocycles. The lowest BCUT2D eigenvalue weighted by Crippen LogP contribution is -2.04. The molecule has 0 aliphatic heterocycles. The third kappa shape index (κ3) is 3.02. The van der Waals surface area contributed by atoms with Crippen LogP contribution in [0.25, 0.3) is 11.1 Å². The second kappa shape index (κ2) is 4.88. The molecule has 0 bridgehead atoms.